The molecule has 0 radical (unpaired) electrons. The molecule has 0 spiro atoms. The summed E-state index contributed by atoms with van der Waals surface area (Å²) in [5.41, 5.74) is 6.40. The molecule has 0 aliphatic heterocycles. The van der Waals surface area contributed by atoms with Crippen LogP contribution in [0.1, 0.15) is 40.3 Å². The molecule has 0 heterocycles. The summed E-state index contributed by atoms with van der Waals surface area (Å²) in [6, 6.07) is 14.9. The van der Waals surface area contributed by atoms with E-state index >= 15 is 0 Å². The summed E-state index contributed by atoms with van der Waals surface area (Å²) < 4.78 is 0. The first-order valence-electron chi connectivity index (χ1n) is 7.08. The molecular weight excluding hydrogens is 232 g/mol. The maximum Gasteiger partial charge on any atom is 0.0830 e. The van der Waals surface area contributed by atoms with Crippen molar-refractivity contribution in [2.45, 2.75) is 38.7 Å². The number of aliphatic hydroxyl groups is 1. The van der Waals surface area contributed by atoms with Crippen LogP contribution in [0.15, 0.2) is 42.5 Å². The second kappa shape index (κ2) is 5.18. The molecule has 0 aromatic heterocycles. The van der Waals surface area contributed by atoms with Crippen molar-refractivity contribution in [3.05, 3.63) is 70.3 Å². The van der Waals surface area contributed by atoms with Crippen molar-refractivity contribution in [1.29, 1.82) is 0 Å². The first kappa shape index (κ1) is 12.4. The van der Waals surface area contributed by atoms with E-state index in [9.17, 15) is 5.11 Å². The van der Waals surface area contributed by atoms with Crippen molar-refractivity contribution in [3.63, 3.8) is 0 Å². The second-order valence-corrected chi connectivity index (χ2v) is 5.59. The van der Waals surface area contributed by atoms with Gasteiger partial charge in [-0.1, -0.05) is 48.0 Å². The minimum absolute atomic E-state index is 0.395. The Morgan fingerprint density at radius 3 is 2.53 bits per heavy atom. The highest BCUT2D eigenvalue weighted by Gasteiger charge is 2.14. The van der Waals surface area contributed by atoms with Gasteiger partial charge in [0.2, 0.25) is 0 Å². The summed E-state index contributed by atoms with van der Waals surface area (Å²) >= 11 is 0. The molecule has 0 saturated heterocycles. The van der Waals surface area contributed by atoms with Gasteiger partial charge >= 0.3 is 0 Å². The number of hydrogen-bond donors (Lipinski definition) is 1. The lowest BCUT2D eigenvalue weighted by molar-refractivity contribution is 0.178. The lowest BCUT2D eigenvalue weighted by Crippen LogP contribution is -2.02. The molecule has 1 N–H and O–H groups in total. The molecule has 1 nitrogen and oxygen atoms in total. The third kappa shape index (κ3) is 2.71. The van der Waals surface area contributed by atoms with Crippen molar-refractivity contribution in [2.24, 2.45) is 0 Å². The molecule has 3 rings (SSSR count). The van der Waals surface area contributed by atoms with Gasteiger partial charge < -0.3 is 5.11 Å². The fourth-order valence-corrected chi connectivity index (χ4v) is 2.86. The summed E-state index contributed by atoms with van der Waals surface area (Å²) in [5.74, 6) is 0. The quantitative estimate of drug-likeness (QED) is 0.882. The van der Waals surface area contributed by atoms with Gasteiger partial charge in [-0.05, 0) is 48.4 Å². The van der Waals surface area contributed by atoms with Crippen LogP contribution in [-0.2, 0) is 19.3 Å². The van der Waals surface area contributed by atoms with E-state index in [0.29, 0.717) is 6.42 Å². The topological polar surface area (TPSA) is 20.2 Å². The normalized spacial score (nSPS) is 15.3. The van der Waals surface area contributed by atoms with Gasteiger partial charge in [0.15, 0.2) is 0 Å². The zero-order valence-electron chi connectivity index (χ0n) is 11.4. The summed E-state index contributed by atoms with van der Waals surface area (Å²) in [6.45, 7) is 2.08. The van der Waals surface area contributed by atoms with Gasteiger partial charge in [-0.25, -0.2) is 0 Å². The van der Waals surface area contributed by atoms with Crippen LogP contribution in [0.2, 0.25) is 0 Å². The van der Waals surface area contributed by atoms with Gasteiger partial charge in [-0.2, -0.15) is 0 Å². The summed E-state index contributed by atoms with van der Waals surface area (Å²) in [7, 11) is 0. The zero-order valence-corrected chi connectivity index (χ0v) is 11.4. The Morgan fingerprint density at radius 2 is 1.74 bits per heavy atom. The van der Waals surface area contributed by atoms with Crippen LogP contribution in [0.25, 0.3) is 0 Å². The first-order chi connectivity index (χ1) is 9.22. The van der Waals surface area contributed by atoms with Gasteiger partial charge in [-0.15, -0.1) is 0 Å². The van der Waals surface area contributed by atoms with E-state index in [0.717, 1.165) is 5.56 Å². The van der Waals surface area contributed by atoms with Gasteiger partial charge in [0.1, 0.15) is 0 Å². The lowest BCUT2D eigenvalue weighted by Gasteiger charge is -2.13. The Hall–Kier alpha value is -1.60. The van der Waals surface area contributed by atoms with Crippen LogP contribution < -0.4 is 0 Å². The molecule has 1 aliphatic rings. The molecule has 1 aliphatic carbocycles. The van der Waals surface area contributed by atoms with Gasteiger partial charge in [0.05, 0.1) is 6.10 Å². The van der Waals surface area contributed by atoms with Crippen LogP contribution in [0.3, 0.4) is 0 Å². The van der Waals surface area contributed by atoms with Crippen LogP contribution >= 0.6 is 0 Å². The monoisotopic (exact) mass is 252 g/mol. The Morgan fingerprint density at radius 1 is 1.00 bits per heavy atom. The first-order valence-corrected chi connectivity index (χ1v) is 7.08. The molecule has 2 aromatic carbocycles. The number of aliphatic hydroxyl groups excluding tert-OH is 1. The minimum Gasteiger partial charge on any atom is -0.388 e. The standard InChI is InChI=1S/C18H20O/c1-13-5-7-14(8-6-13)11-18(19)17-10-9-15-3-2-4-16(15)12-17/h5-10,12,18-19H,2-4,11H2,1H3. The van der Waals surface area contributed by atoms with E-state index in [-0.39, 0.29) is 0 Å². The number of benzene rings is 2. The Balaban J connectivity index is 1.76. The van der Waals surface area contributed by atoms with Gasteiger partial charge in [-0.3, -0.25) is 0 Å². The van der Waals surface area contributed by atoms with Gasteiger partial charge in [0, 0.05) is 6.42 Å². The van der Waals surface area contributed by atoms with E-state index < -0.39 is 6.10 Å². The molecule has 1 atom stereocenters. The van der Waals surface area contributed by atoms with Crippen LogP contribution in [0.4, 0.5) is 0 Å². The lowest BCUT2D eigenvalue weighted by atomic mass is 9.98. The zero-order chi connectivity index (χ0) is 13.2. The Labute approximate surface area is 114 Å². The largest absolute Gasteiger partial charge is 0.388 e. The van der Waals surface area contributed by atoms with Crippen LogP contribution in [0, 0.1) is 6.92 Å². The van der Waals surface area contributed by atoms with E-state index in [4.69, 9.17) is 0 Å². The van der Waals surface area contributed by atoms with Crippen molar-refractivity contribution < 1.29 is 5.11 Å². The Kier molecular flexibility index (Phi) is 3.39. The molecule has 1 unspecified atom stereocenters. The number of hydrogen-bond acceptors (Lipinski definition) is 1. The summed E-state index contributed by atoms with van der Waals surface area (Å²) in [6.07, 6.45) is 3.92. The van der Waals surface area contributed by atoms with Crippen molar-refractivity contribution in [1.82, 2.24) is 0 Å². The summed E-state index contributed by atoms with van der Waals surface area (Å²) in [4.78, 5) is 0. The number of rotatable bonds is 3. The van der Waals surface area contributed by atoms with E-state index in [2.05, 4.69) is 49.4 Å². The maximum absolute atomic E-state index is 10.4. The molecule has 1 heteroatoms. The molecule has 2 aromatic rings. The Bertz CT molecular complexity index is 569. The molecular formula is C18H20O. The van der Waals surface area contributed by atoms with E-state index in [1.165, 1.54) is 41.5 Å². The number of aryl methyl sites for hydroxylation is 3. The SMILES string of the molecule is Cc1ccc(CC(O)c2ccc3c(c2)CCC3)cc1. The number of fused-ring (bicyclic) bond motifs is 1. The smallest absolute Gasteiger partial charge is 0.0830 e. The highest BCUT2D eigenvalue weighted by molar-refractivity contribution is 5.36. The molecule has 19 heavy (non-hydrogen) atoms. The predicted molar refractivity (Wildman–Crippen MR) is 78.3 cm³/mol. The van der Waals surface area contributed by atoms with Crippen molar-refractivity contribution in [3.8, 4) is 0 Å². The third-order valence-electron chi connectivity index (χ3n) is 4.06. The molecule has 0 amide bonds. The van der Waals surface area contributed by atoms with E-state index in [1.54, 1.807) is 0 Å². The van der Waals surface area contributed by atoms with Crippen LogP contribution in [-0.4, -0.2) is 5.11 Å². The molecule has 98 valence electrons. The predicted octanol–water partition coefficient (Wildman–Crippen LogP) is 3.76. The minimum atomic E-state index is -0.395. The average molecular weight is 252 g/mol. The molecule has 0 fully saturated rings. The second-order valence-electron chi connectivity index (χ2n) is 5.59. The van der Waals surface area contributed by atoms with Crippen molar-refractivity contribution in [2.75, 3.05) is 0 Å². The molecule has 0 bridgehead atoms. The third-order valence-corrected chi connectivity index (χ3v) is 4.06. The van der Waals surface area contributed by atoms with Crippen LogP contribution in [0.5, 0.6) is 0 Å². The maximum atomic E-state index is 10.4. The molecule has 0 saturated carbocycles. The van der Waals surface area contributed by atoms with Crippen molar-refractivity contribution >= 4 is 0 Å². The summed E-state index contributed by atoms with van der Waals surface area (Å²) in [5, 5.41) is 10.4. The fraction of sp³-hybridized carbons (Fsp3) is 0.333. The average Bonchev–Trinajstić information content (AvgIpc) is 2.88. The van der Waals surface area contributed by atoms with E-state index in [1.807, 2.05) is 0 Å². The highest BCUT2D eigenvalue weighted by Crippen LogP contribution is 2.26. The fourth-order valence-electron chi connectivity index (χ4n) is 2.86. The highest BCUT2D eigenvalue weighted by atomic mass is 16.3. The van der Waals surface area contributed by atoms with Gasteiger partial charge in [0.25, 0.3) is 0 Å².